The normalized spacial score (nSPS) is 26.9. The van der Waals surface area contributed by atoms with Gasteiger partial charge in [-0.2, -0.15) is 0 Å². The quantitative estimate of drug-likeness (QED) is 0.907. The maximum absolute atomic E-state index is 13.3. The summed E-state index contributed by atoms with van der Waals surface area (Å²) in [5.41, 5.74) is 2.00. The zero-order chi connectivity index (χ0) is 16.4. The Kier molecular flexibility index (Phi) is 4.85. The average Bonchev–Trinajstić information content (AvgIpc) is 3.27. The summed E-state index contributed by atoms with van der Waals surface area (Å²) in [5.74, 6) is -0.0622. The fraction of sp³-hybridized carbons (Fsp3) is 0.611. The van der Waals surface area contributed by atoms with Crippen LogP contribution in [-0.4, -0.2) is 37.7 Å². The maximum atomic E-state index is 13.3. The van der Waals surface area contributed by atoms with Gasteiger partial charge in [0.2, 0.25) is 5.91 Å². The molecule has 1 aromatic carbocycles. The molecule has 1 saturated carbocycles. The molecule has 1 heterocycles. The molecule has 5 heteroatoms. The minimum Gasteiger partial charge on any atom is -0.378 e. The number of carbonyl (C=O) groups is 1. The van der Waals surface area contributed by atoms with Crippen molar-refractivity contribution in [2.24, 2.45) is 5.92 Å². The number of piperidine rings is 1. The molecule has 1 saturated heterocycles. The molecule has 1 N–H and O–H groups in total. The second kappa shape index (κ2) is 6.87. The molecule has 0 spiro atoms. The molecule has 1 amide bonds. The second-order valence-corrected chi connectivity index (χ2v) is 6.56. The van der Waals surface area contributed by atoms with Crippen LogP contribution >= 0.6 is 0 Å². The third-order valence-corrected chi connectivity index (χ3v) is 4.72. The van der Waals surface area contributed by atoms with Crippen LogP contribution in [0.5, 0.6) is 0 Å². The highest BCUT2D eigenvalue weighted by Crippen LogP contribution is 2.34. The van der Waals surface area contributed by atoms with Gasteiger partial charge in [0.25, 0.3) is 0 Å². The van der Waals surface area contributed by atoms with Crippen LogP contribution in [0.25, 0.3) is 0 Å². The van der Waals surface area contributed by atoms with Gasteiger partial charge in [-0.3, -0.25) is 4.79 Å². The predicted molar refractivity (Wildman–Crippen MR) is 88.0 cm³/mol. The molecule has 0 bridgehead atoms. The lowest BCUT2D eigenvalue weighted by Crippen LogP contribution is -2.48. The van der Waals surface area contributed by atoms with E-state index in [0.29, 0.717) is 6.61 Å². The molecule has 4 nitrogen and oxygen atoms in total. The Labute approximate surface area is 137 Å². The summed E-state index contributed by atoms with van der Waals surface area (Å²) in [6, 6.07) is 5.06. The zero-order valence-corrected chi connectivity index (χ0v) is 13.8. The highest BCUT2D eigenvalue weighted by atomic mass is 19.1. The van der Waals surface area contributed by atoms with Crippen LogP contribution < -0.4 is 10.2 Å². The summed E-state index contributed by atoms with van der Waals surface area (Å²) in [7, 11) is 0. The Bertz CT molecular complexity index is 578. The second-order valence-electron chi connectivity index (χ2n) is 6.56. The number of nitrogens with one attached hydrogen (secondary N) is 1. The Morgan fingerprint density at radius 3 is 3.04 bits per heavy atom. The number of ether oxygens (including phenoxy) is 1. The minimum atomic E-state index is -0.205. The molecule has 1 aliphatic carbocycles. The van der Waals surface area contributed by atoms with Crippen molar-refractivity contribution in [1.29, 1.82) is 0 Å². The van der Waals surface area contributed by atoms with Crippen molar-refractivity contribution in [1.82, 2.24) is 5.32 Å². The number of amides is 1. The monoisotopic (exact) mass is 320 g/mol. The first-order chi connectivity index (χ1) is 11.1. The number of carbonyl (C=O) groups excluding carboxylic acids is 1. The van der Waals surface area contributed by atoms with E-state index in [-0.39, 0.29) is 29.8 Å². The number of benzene rings is 1. The van der Waals surface area contributed by atoms with Gasteiger partial charge in [0.1, 0.15) is 5.82 Å². The van der Waals surface area contributed by atoms with E-state index in [9.17, 15) is 9.18 Å². The summed E-state index contributed by atoms with van der Waals surface area (Å²) < 4.78 is 18.8. The molecule has 3 atom stereocenters. The van der Waals surface area contributed by atoms with Crippen LogP contribution in [0.3, 0.4) is 0 Å². The van der Waals surface area contributed by atoms with E-state index in [1.54, 1.807) is 6.07 Å². The number of nitrogens with zero attached hydrogens (tertiary/aromatic N) is 1. The molecule has 3 rings (SSSR count). The van der Waals surface area contributed by atoms with Gasteiger partial charge in [0, 0.05) is 31.4 Å². The van der Waals surface area contributed by atoms with E-state index in [1.165, 1.54) is 6.07 Å². The Morgan fingerprint density at radius 1 is 1.48 bits per heavy atom. The van der Waals surface area contributed by atoms with Crippen LogP contribution in [-0.2, 0) is 9.53 Å². The Morgan fingerprint density at radius 2 is 2.30 bits per heavy atom. The SMILES string of the molecule is CCO[C@@H]1C[C@@H]1C(=O)N[C@H]1CCCN(c2ccc(F)cc2C)C1. The van der Waals surface area contributed by atoms with Gasteiger partial charge >= 0.3 is 0 Å². The third-order valence-electron chi connectivity index (χ3n) is 4.72. The summed E-state index contributed by atoms with van der Waals surface area (Å²) in [6.07, 6.45) is 2.97. The van der Waals surface area contributed by atoms with Gasteiger partial charge in [0.15, 0.2) is 0 Å². The first-order valence-corrected chi connectivity index (χ1v) is 8.51. The van der Waals surface area contributed by atoms with Crippen molar-refractivity contribution in [2.45, 2.75) is 45.3 Å². The highest BCUT2D eigenvalue weighted by molar-refractivity contribution is 5.82. The predicted octanol–water partition coefficient (Wildman–Crippen LogP) is 2.64. The maximum Gasteiger partial charge on any atom is 0.226 e. The molecule has 2 fully saturated rings. The van der Waals surface area contributed by atoms with Crippen LogP contribution in [0.2, 0.25) is 0 Å². The standard InChI is InChI=1S/C18H25FN2O2/c1-3-23-17-10-15(17)18(22)20-14-5-4-8-21(11-14)16-7-6-13(19)9-12(16)2/h6-7,9,14-15,17H,3-5,8,10-11H2,1-2H3,(H,20,22)/t14-,15-,17+/m0/s1. The number of anilines is 1. The number of hydrogen-bond donors (Lipinski definition) is 1. The van der Waals surface area contributed by atoms with E-state index >= 15 is 0 Å². The minimum absolute atomic E-state index is 0.0258. The van der Waals surface area contributed by atoms with Gasteiger partial charge in [-0.25, -0.2) is 4.39 Å². The molecule has 1 aromatic rings. The van der Waals surface area contributed by atoms with Crippen molar-refractivity contribution in [3.63, 3.8) is 0 Å². The molecular formula is C18H25FN2O2. The summed E-state index contributed by atoms with van der Waals surface area (Å²) in [4.78, 5) is 14.5. The van der Waals surface area contributed by atoms with Gasteiger partial charge in [-0.15, -0.1) is 0 Å². The lowest BCUT2D eigenvalue weighted by Gasteiger charge is -2.35. The van der Waals surface area contributed by atoms with E-state index in [0.717, 1.165) is 43.6 Å². The van der Waals surface area contributed by atoms with E-state index in [4.69, 9.17) is 4.74 Å². The van der Waals surface area contributed by atoms with Crippen LogP contribution in [0.4, 0.5) is 10.1 Å². The van der Waals surface area contributed by atoms with E-state index in [2.05, 4.69) is 10.2 Å². The van der Waals surface area contributed by atoms with Crippen LogP contribution in [0.15, 0.2) is 18.2 Å². The first kappa shape index (κ1) is 16.2. The molecule has 0 aromatic heterocycles. The highest BCUT2D eigenvalue weighted by Gasteiger charge is 2.44. The molecule has 126 valence electrons. The number of halogens is 1. The van der Waals surface area contributed by atoms with E-state index < -0.39 is 0 Å². The molecular weight excluding hydrogens is 295 g/mol. The third kappa shape index (κ3) is 3.83. The smallest absolute Gasteiger partial charge is 0.226 e. The zero-order valence-electron chi connectivity index (χ0n) is 13.8. The largest absolute Gasteiger partial charge is 0.378 e. The first-order valence-electron chi connectivity index (χ1n) is 8.51. The number of aryl methyl sites for hydroxylation is 1. The van der Waals surface area contributed by atoms with Crippen LogP contribution in [0, 0.1) is 18.7 Å². The van der Waals surface area contributed by atoms with Gasteiger partial charge in [-0.05, 0) is 56.9 Å². The topological polar surface area (TPSA) is 41.6 Å². The number of hydrogen-bond acceptors (Lipinski definition) is 3. The summed E-state index contributed by atoms with van der Waals surface area (Å²) >= 11 is 0. The van der Waals surface area contributed by atoms with Crippen molar-refractivity contribution in [2.75, 3.05) is 24.6 Å². The van der Waals surface area contributed by atoms with Gasteiger partial charge in [0.05, 0.1) is 12.0 Å². The molecule has 23 heavy (non-hydrogen) atoms. The summed E-state index contributed by atoms with van der Waals surface area (Å²) in [5, 5.41) is 3.17. The number of rotatable bonds is 5. The van der Waals surface area contributed by atoms with E-state index in [1.807, 2.05) is 19.9 Å². The molecule has 0 radical (unpaired) electrons. The van der Waals surface area contributed by atoms with Crippen molar-refractivity contribution < 1.29 is 13.9 Å². The lowest BCUT2D eigenvalue weighted by atomic mass is 10.0. The van der Waals surface area contributed by atoms with Crippen molar-refractivity contribution in [3.8, 4) is 0 Å². The van der Waals surface area contributed by atoms with Gasteiger partial charge < -0.3 is 15.0 Å². The Hall–Kier alpha value is -1.62. The molecule has 1 aliphatic heterocycles. The fourth-order valence-electron chi connectivity index (χ4n) is 3.44. The van der Waals surface area contributed by atoms with Crippen molar-refractivity contribution >= 4 is 11.6 Å². The molecule has 0 unspecified atom stereocenters. The Balaban J connectivity index is 1.57. The average molecular weight is 320 g/mol. The fourth-order valence-corrected chi connectivity index (χ4v) is 3.44. The lowest BCUT2D eigenvalue weighted by molar-refractivity contribution is -0.124. The van der Waals surface area contributed by atoms with Crippen molar-refractivity contribution in [3.05, 3.63) is 29.6 Å². The summed E-state index contributed by atoms with van der Waals surface area (Å²) in [6.45, 7) is 6.28. The molecule has 2 aliphatic rings. The van der Waals surface area contributed by atoms with Gasteiger partial charge in [-0.1, -0.05) is 0 Å². The van der Waals surface area contributed by atoms with Crippen LogP contribution in [0.1, 0.15) is 31.7 Å².